The maximum Gasteiger partial charge on any atom is 0.306 e. The molecule has 0 saturated carbocycles. The van der Waals surface area contributed by atoms with Crippen LogP contribution in [0.1, 0.15) is 17.5 Å². The van der Waals surface area contributed by atoms with Gasteiger partial charge in [0.05, 0.1) is 13.5 Å². The van der Waals surface area contributed by atoms with Gasteiger partial charge in [0.15, 0.2) is 0 Å². The highest BCUT2D eigenvalue weighted by Crippen LogP contribution is 2.25. The van der Waals surface area contributed by atoms with Crippen LogP contribution in [-0.2, 0) is 21.0 Å². The van der Waals surface area contributed by atoms with Crippen LogP contribution in [0.25, 0.3) is 0 Å². The van der Waals surface area contributed by atoms with Gasteiger partial charge >= 0.3 is 5.97 Å². The largest absolute Gasteiger partial charge is 0.469 e. The summed E-state index contributed by atoms with van der Waals surface area (Å²) in [5.41, 5.74) is 2.61. The molecule has 2 rings (SSSR count). The van der Waals surface area contributed by atoms with E-state index in [0.29, 0.717) is 6.42 Å². The molecule has 1 atom stereocenters. The van der Waals surface area contributed by atoms with E-state index in [-0.39, 0.29) is 11.2 Å². The molecule has 122 valence electrons. The number of benzene rings is 2. The van der Waals surface area contributed by atoms with E-state index in [4.69, 9.17) is 4.74 Å². The summed E-state index contributed by atoms with van der Waals surface area (Å²) in [5.74, 6) is 2.72. The van der Waals surface area contributed by atoms with Crippen molar-refractivity contribution < 1.29 is 9.53 Å². The first-order chi connectivity index (χ1) is 11.3. The molecule has 2 nitrogen and oxygen atoms in total. The minimum absolute atomic E-state index is 0.129. The van der Waals surface area contributed by atoms with E-state index in [1.165, 1.54) is 18.2 Å². The summed E-state index contributed by atoms with van der Waals surface area (Å²) in [7, 11) is 1.46. The Morgan fingerprint density at radius 2 is 1.52 bits per heavy atom. The van der Waals surface area contributed by atoms with Crippen molar-refractivity contribution in [1.82, 2.24) is 0 Å². The van der Waals surface area contributed by atoms with E-state index >= 15 is 0 Å². The van der Waals surface area contributed by atoms with Crippen LogP contribution in [-0.4, -0.2) is 24.1 Å². The van der Waals surface area contributed by atoms with Crippen molar-refractivity contribution in [3.63, 3.8) is 0 Å². The third-order valence-electron chi connectivity index (χ3n) is 3.37. The Kier molecular flexibility index (Phi) is 8.12. The highest BCUT2D eigenvalue weighted by molar-refractivity contribution is 8.02. The maximum absolute atomic E-state index is 11.6. The second-order valence-corrected chi connectivity index (χ2v) is 7.52. The molecule has 0 radical (unpaired) electrons. The first-order valence-corrected chi connectivity index (χ1v) is 9.82. The van der Waals surface area contributed by atoms with Crippen molar-refractivity contribution in [2.75, 3.05) is 12.9 Å². The fourth-order valence-electron chi connectivity index (χ4n) is 2.11. The predicted octanol–water partition coefficient (Wildman–Crippen LogP) is 4.78. The molecule has 0 heterocycles. The summed E-state index contributed by atoms with van der Waals surface area (Å²) in [6.07, 6.45) is 0.468. The van der Waals surface area contributed by atoms with Gasteiger partial charge in [-0.05, 0) is 11.1 Å². The van der Waals surface area contributed by atoms with Crippen LogP contribution in [0, 0.1) is 0 Å². The number of esters is 1. The normalized spacial score (nSPS) is 11.9. The molecule has 0 aliphatic carbocycles. The van der Waals surface area contributed by atoms with Crippen molar-refractivity contribution in [3.8, 4) is 0 Å². The number of rotatable bonds is 9. The Hall–Kier alpha value is -1.39. The van der Waals surface area contributed by atoms with Gasteiger partial charge in [-0.2, -0.15) is 23.5 Å². The number of carbonyl (C=O) groups is 1. The van der Waals surface area contributed by atoms with E-state index < -0.39 is 0 Å². The summed E-state index contributed by atoms with van der Waals surface area (Å²) < 4.78 is 4.84. The lowest BCUT2D eigenvalue weighted by Crippen LogP contribution is -2.15. The average Bonchev–Trinajstić information content (AvgIpc) is 2.61. The number of carbonyl (C=O) groups excluding carboxylic acids is 1. The number of ether oxygens (including phenoxy) is 1. The smallest absolute Gasteiger partial charge is 0.306 e. The summed E-state index contributed by atoms with van der Waals surface area (Å²) in [4.78, 5) is 11.6. The Morgan fingerprint density at radius 1 is 0.957 bits per heavy atom. The topological polar surface area (TPSA) is 26.3 Å². The van der Waals surface area contributed by atoms with Crippen LogP contribution in [0.2, 0.25) is 0 Å². The Morgan fingerprint density at radius 3 is 2.09 bits per heavy atom. The number of thioether (sulfide) groups is 2. The number of hydrogen-bond donors (Lipinski definition) is 0. The molecule has 0 aromatic heterocycles. The zero-order valence-corrected chi connectivity index (χ0v) is 14.9. The van der Waals surface area contributed by atoms with Gasteiger partial charge in [-0.1, -0.05) is 60.7 Å². The zero-order valence-electron chi connectivity index (χ0n) is 13.3. The molecular weight excluding hydrogens is 324 g/mol. The molecule has 0 fully saturated rings. The van der Waals surface area contributed by atoms with Crippen molar-refractivity contribution >= 4 is 29.5 Å². The highest BCUT2D eigenvalue weighted by atomic mass is 32.2. The zero-order chi connectivity index (χ0) is 16.3. The lowest BCUT2D eigenvalue weighted by atomic mass is 10.2. The summed E-state index contributed by atoms with van der Waals surface area (Å²) in [6, 6.07) is 20.8. The van der Waals surface area contributed by atoms with Crippen molar-refractivity contribution in [1.29, 1.82) is 0 Å². The van der Waals surface area contributed by atoms with E-state index in [2.05, 4.69) is 48.5 Å². The van der Waals surface area contributed by atoms with Gasteiger partial charge in [0.25, 0.3) is 0 Å². The minimum Gasteiger partial charge on any atom is -0.469 e. The van der Waals surface area contributed by atoms with Gasteiger partial charge in [0, 0.05) is 22.5 Å². The van der Waals surface area contributed by atoms with Crippen LogP contribution in [0.5, 0.6) is 0 Å². The molecule has 2 aromatic rings. The molecule has 0 bridgehead atoms. The maximum atomic E-state index is 11.6. The average molecular weight is 347 g/mol. The van der Waals surface area contributed by atoms with Gasteiger partial charge in [0.1, 0.15) is 0 Å². The molecular formula is C19H22O2S2. The second-order valence-electron chi connectivity index (χ2n) is 5.20. The number of hydrogen-bond acceptors (Lipinski definition) is 4. The second kappa shape index (κ2) is 10.4. The Bertz CT molecular complexity index is 572. The van der Waals surface area contributed by atoms with Crippen LogP contribution < -0.4 is 0 Å². The summed E-state index contributed by atoms with van der Waals surface area (Å²) in [5, 5.41) is 0.274. The molecule has 0 saturated heterocycles. The molecule has 4 heteroatoms. The Labute approximate surface area is 147 Å². The van der Waals surface area contributed by atoms with E-state index in [1.807, 2.05) is 35.7 Å². The van der Waals surface area contributed by atoms with Gasteiger partial charge in [-0.15, -0.1) is 0 Å². The lowest BCUT2D eigenvalue weighted by Gasteiger charge is -2.15. The van der Waals surface area contributed by atoms with E-state index in [0.717, 1.165) is 17.3 Å². The van der Waals surface area contributed by atoms with Gasteiger partial charge in [0.2, 0.25) is 0 Å². The van der Waals surface area contributed by atoms with Crippen molar-refractivity contribution in [2.45, 2.75) is 23.2 Å². The molecule has 2 aromatic carbocycles. The third-order valence-corrected chi connectivity index (χ3v) is 6.06. The fraction of sp³-hybridized carbons (Fsp3) is 0.316. The molecule has 23 heavy (non-hydrogen) atoms. The van der Waals surface area contributed by atoms with Gasteiger partial charge < -0.3 is 4.74 Å². The predicted molar refractivity (Wildman–Crippen MR) is 101 cm³/mol. The van der Waals surface area contributed by atoms with E-state index in [9.17, 15) is 4.79 Å². The molecule has 0 amide bonds. The van der Waals surface area contributed by atoms with Gasteiger partial charge in [-0.25, -0.2) is 0 Å². The molecule has 0 N–H and O–H groups in total. The highest BCUT2D eigenvalue weighted by Gasteiger charge is 2.15. The number of methoxy groups -OCH3 is 1. The van der Waals surface area contributed by atoms with Crippen LogP contribution in [0.4, 0.5) is 0 Å². The van der Waals surface area contributed by atoms with Crippen LogP contribution in [0.3, 0.4) is 0 Å². The molecule has 1 unspecified atom stereocenters. The molecule has 0 spiro atoms. The quantitative estimate of drug-likeness (QED) is 0.610. The Balaban J connectivity index is 1.82. The van der Waals surface area contributed by atoms with Crippen LogP contribution >= 0.6 is 23.5 Å². The lowest BCUT2D eigenvalue weighted by molar-refractivity contribution is -0.140. The van der Waals surface area contributed by atoms with Gasteiger partial charge in [-0.3, -0.25) is 4.79 Å². The summed E-state index contributed by atoms with van der Waals surface area (Å²) in [6.45, 7) is 0. The third kappa shape index (κ3) is 7.14. The standard InChI is InChI=1S/C19H22O2S2/c1-21-19(20)12-18(23-14-17-10-6-3-7-11-17)15-22-13-16-8-4-2-5-9-16/h2-11,18H,12-15H2,1H3. The first kappa shape index (κ1) is 18.0. The van der Waals surface area contributed by atoms with Crippen LogP contribution in [0.15, 0.2) is 60.7 Å². The van der Waals surface area contributed by atoms with Crippen molar-refractivity contribution in [3.05, 3.63) is 71.8 Å². The molecule has 0 aliphatic heterocycles. The summed E-state index contributed by atoms with van der Waals surface area (Å²) >= 11 is 3.71. The molecule has 0 aliphatic rings. The SMILES string of the molecule is COC(=O)CC(CSCc1ccccc1)SCc1ccccc1. The van der Waals surface area contributed by atoms with E-state index in [1.54, 1.807) is 0 Å². The van der Waals surface area contributed by atoms with Crippen molar-refractivity contribution in [2.24, 2.45) is 0 Å². The monoisotopic (exact) mass is 346 g/mol. The minimum atomic E-state index is -0.129. The first-order valence-electron chi connectivity index (χ1n) is 7.62. The fourth-order valence-corrected chi connectivity index (χ4v) is 4.58.